The number of nitrogens with zero attached hydrogens (tertiary/aromatic N) is 1. The Balaban J connectivity index is 2.08. The largest absolute Gasteiger partial charge is 0.377 e. The molecule has 1 unspecified atom stereocenters. The molecular weight excluding hydrogens is 271 g/mol. The van der Waals surface area contributed by atoms with Gasteiger partial charge in [-0.25, -0.2) is 9.18 Å². The number of carbonyl (C=O) groups excluding carboxylic acids is 1. The fraction of sp³-hybridized carbons (Fsp3) is 0.562. The molecule has 1 aromatic rings. The van der Waals surface area contributed by atoms with E-state index in [9.17, 15) is 9.18 Å². The third-order valence-corrected chi connectivity index (χ3v) is 3.41. The Hall–Kier alpha value is -1.62. The second-order valence-corrected chi connectivity index (χ2v) is 6.56. The number of rotatable bonds is 2. The molecule has 1 saturated heterocycles. The molecule has 0 bridgehead atoms. The first-order valence-corrected chi connectivity index (χ1v) is 7.24. The molecule has 1 N–H and O–H groups in total. The van der Waals surface area contributed by atoms with Gasteiger partial charge in [0.2, 0.25) is 0 Å². The van der Waals surface area contributed by atoms with Crippen molar-refractivity contribution >= 4 is 6.03 Å². The van der Waals surface area contributed by atoms with Gasteiger partial charge >= 0.3 is 6.03 Å². The van der Waals surface area contributed by atoms with Crippen LogP contribution in [0.2, 0.25) is 0 Å². The smallest absolute Gasteiger partial charge is 0.318 e. The summed E-state index contributed by atoms with van der Waals surface area (Å²) in [4.78, 5) is 14.1. The minimum atomic E-state index is -0.279. The molecule has 0 radical (unpaired) electrons. The van der Waals surface area contributed by atoms with Gasteiger partial charge in [0.25, 0.3) is 0 Å². The SMILES string of the molecule is CC(C)(C)CNC(=O)N1CCOCC1c1ccc(F)cc1. The molecule has 1 aromatic carbocycles. The Bertz CT molecular complexity index is 482. The molecule has 0 saturated carbocycles. The van der Waals surface area contributed by atoms with Gasteiger partial charge in [-0.05, 0) is 23.1 Å². The average molecular weight is 294 g/mol. The van der Waals surface area contributed by atoms with E-state index < -0.39 is 0 Å². The molecule has 1 heterocycles. The molecule has 116 valence electrons. The van der Waals surface area contributed by atoms with Gasteiger partial charge in [0.1, 0.15) is 5.82 Å². The van der Waals surface area contributed by atoms with E-state index >= 15 is 0 Å². The molecule has 1 atom stereocenters. The first-order valence-electron chi connectivity index (χ1n) is 7.24. The van der Waals surface area contributed by atoms with E-state index in [1.807, 2.05) is 0 Å². The summed E-state index contributed by atoms with van der Waals surface area (Å²) in [5, 5.41) is 2.96. The number of amides is 2. The van der Waals surface area contributed by atoms with E-state index in [-0.39, 0.29) is 23.3 Å². The van der Waals surface area contributed by atoms with Crippen LogP contribution >= 0.6 is 0 Å². The number of ether oxygens (including phenoxy) is 1. The minimum Gasteiger partial charge on any atom is -0.377 e. The van der Waals surface area contributed by atoms with Crippen molar-refractivity contribution in [3.8, 4) is 0 Å². The molecular formula is C16H23FN2O2. The molecule has 1 aliphatic heterocycles. The Kier molecular flexibility index (Phi) is 4.83. The second kappa shape index (κ2) is 6.43. The number of urea groups is 1. The second-order valence-electron chi connectivity index (χ2n) is 6.56. The highest BCUT2D eigenvalue weighted by molar-refractivity contribution is 5.75. The zero-order chi connectivity index (χ0) is 15.5. The van der Waals surface area contributed by atoms with E-state index in [2.05, 4.69) is 26.1 Å². The lowest BCUT2D eigenvalue weighted by molar-refractivity contribution is 0.0112. The minimum absolute atomic E-state index is 0.0350. The quantitative estimate of drug-likeness (QED) is 0.911. The molecule has 1 fully saturated rings. The first-order chi connectivity index (χ1) is 9.87. The summed E-state index contributed by atoms with van der Waals surface area (Å²) < 4.78 is 18.5. The van der Waals surface area contributed by atoms with Crippen molar-refractivity contribution < 1.29 is 13.9 Å². The summed E-state index contributed by atoms with van der Waals surface area (Å²) in [6.45, 7) is 8.34. The highest BCUT2D eigenvalue weighted by Gasteiger charge is 2.29. The number of hydrogen-bond donors (Lipinski definition) is 1. The van der Waals surface area contributed by atoms with Gasteiger partial charge < -0.3 is 15.0 Å². The highest BCUT2D eigenvalue weighted by Crippen LogP contribution is 2.24. The maximum atomic E-state index is 13.0. The number of morpholine rings is 1. The molecule has 0 spiro atoms. The van der Waals surface area contributed by atoms with Crippen molar-refractivity contribution in [3.05, 3.63) is 35.6 Å². The molecule has 21 heavy (non-hydrogen) atoms. The Morgan fingerprint density at radius 2 is 2.05 bits per heavy atom. The zero-order valence-corrected chi connectivity index (χ0v) is 12.9. The molecule has 2 amide bonds. The molecule has 2 rings (SSSR count). The van der Waals surface area contributed by atoms with E-state index in [0.29, 0.717) is 26.3 Å². The molecule has 0 aromatic heterocycles. The summed E-state index contributed by atoms with van der Waals surface area (Å²) in [5.41, 5.74) is 0.926. The number of carbonyl (C=O) groups is 1. The average Bonchev–Trinajstić information content (AvgIpc) is 2.45. The van der Waals surface area contributed by atoms with E-state index in [0.717, 1.165) is 5.56 Å². The van der Waals surface area contributed by atoms with Gasteiger partial charge in [-0.3, -0.25) is 0 Å². The van der Waals surface area contributed by atoms with E-state index in [4.69, 9.17) is 4.74 Å². The van der Waals surface area contributed by atoms with Crippen LogP contribution in [0.5, 0.6) is 0 Å². The summed E-state index contributed by atoms with van der Waals surface area (Å²) in [7, 11) is 0. The third kappa shape index (κ3) is 4.43. The summed E-state index contributed by atoms with van der Waals surface area (Å²) >= 11 is 0. The van der Waals surface area contributed by atoms with Crippen LogP contribution < -0.4 is 5.32 Å². The molecule has 5 heteroatoms. The van der Waals surface area contributed by atoms with Gasteiger partial charge in [-0.1, -0.05) is 32.9 Å². The van der Waals surface area contributed by atoms with Crippen LogP contribution in [0.15, 0.2) is 24.3 Å². The fourth-order valence-corrected chi connectivity index (χ4v) is 2.25. The zero-order valence-electron chi connectivity index (χ0n) is 12.9. The van der Waals surface area contributed by atoms with Crippen LogP contribution in [0.3, 0.4) is 0 Å². The summed E-state index contributed by atoms with van der Waals surface area (Å²) in [5.74, 6) is -0.279. The first kappa shape index (κ1) is 15.8. The Labute approximate surface area is 125 Å². The van der Waals surface area contributed by atoms with Gasteiger partial charge in [-0.2, -0.15) is 0 Å². The lowest BCUT2D eigenvalue weighted by Gasteiger charge is -2.36. The van der Waals surface area contributed by atoms with Crippen molar-refractivity contribution in [2.75, 3.05) is 26.3 Å². The number of hydrogen-bond acceptors (Lipinski definition) is 2. The van der Waals surface area contributed by atoms with Crippen molar-refractivity contribution in [2.24, 2.45) is 5.41 Å². The van der Waals surface area contributed by atoms with E-state index in [1.165, 1.54) is 12.1 Å². The maximum Gasteiger partial charge on any atom is 0.318 e. The summed E-state index contributed by atoms with van der Waals surface area (Å²) in [6.07, 6.45) is 0. The fourth-order valence-electron chi connectivity index (χ4n) is 2.25. The molecule has 0 aliphatic carbocycles. The van der Waals surface area contributed by atoms with Crippen molar-refractivity contribution in [1.82, 2.24) is 10.2 Å². The van der Waals surface area contributed by atoms with Crippen LogP contribution in [0, 0.1) is 11.2 Å². The predicted octanol–water partition coefficient (Wildman–Crippen LogP) is 2.95. The topological polar surface area (TPSA) is 41.6 Å². The van der Waals surface area contributed by atoms with Gasteiger partial charge in [-0.15, -0.1) is 0 Å². The lowest BCUT2D eigenvalue weighted by atomic mass is 9.97. The highest BCUT2D eigenvalue weighted by atomic mass is 19.1. The maximum absolute atomic E-state index is 13.0. The predicted molar refractivity (Wildman–Crippen MR) is 79.5 cm³/mol. The number of halogens is 1. The summed E-state index contributed by atoms with van der Waals surface area (Å²) in [6, 6.07) is 5.98. The van der Waals surface area contributed by atoms with Crippen molar-refractivity contribution in [1.29, 1.82) is 0 Å². The Morgan fingerprint density at radius 1 is 1.38 bits per heavy atom. The molecule has 1 aliphatic rings. The van der Waals surface area contributed by atoms with Gasteiger partial charge in [0, 0.05) is 13.1 Å². The van der Waals surface area contributed by atoms with Crippen LogP contribution in [0.25, 0.3) is 0 Å². The van der Waals surface area contributed by atoms with Gasteiger partial charge in [0.05, 0.1) is 19.3 Å². The monoisotopic (exact) mass is 294 g/mol. The standard InChI is InChI=1S/C16H23FN2O2/c1-16(2,3)11-18-15(20)19-8-9-21-10-14(19)12-4-6-13(17)7-5-12/h4-7,14H,8-11H2,1-3H3,(H,18,20). The van der Waals surface area contributed by atoms with Gasteiger partial charge in [0.15, 0.2) is 0 Å². The van der Waals surface area contributed by atoms with Crippen LogP contribution in [-0.4, -0.2) is 37.2 Å². The van der Waals surface area contributed by atoms with Crippen molar-refractivity contribution in [3.63, 3.8) is 0 Å². The third-order valence-electron chi connectivity index (χ3n) is 3.41. The lowest BCUT2D eigenvalue weighted by Crippen LogP contribution is -2.49. The Morgan fingerprint density at radius 3 is 2.67 bits per heavy atom. The number of nitrogens with one attached hydrogen (secondary N) is 1. The van der Waals surface area contributed by atoms with Crippen molar-refractivity contribution in [2.45, 2.75) is 26.8 Å². The normalized spacial score (nSPS) is 19.4. The van der Waals surface area contributed by atoms with E-state index in [1.54, 1.807) is 17.0 Å². The number of benzene rings is 1. The molecule has 4 nitrogen and oxygen atoms in total. The van der Waals surface area contributed by atoms with Crippen LogP contribution in [0.1, 0.15) is 32.4 Å². The van der Waals surface area contributed by atoms with Crippen LogP contribution in [0.4, 0.5) is 9.18 Å². The van der Waals surface area contributed by atoms with Crippen LogP contribution in [-0.2, 0) is 4.74 Å².